The highest BCUT2D eigenvalue weighted by atomic mass is 19.4. The monoisotopic (exact) mass is 334 g/mol. The lowest BCUT2D eigenvalue weighted by Crippen LogP contribution is -2.45. The normalized spacial score (nSPS) is 22.5. The maximum absolute atomic E-state index is 13.3. The van der Waals surface area contributed by atoms with Crippen LogP contribution in [-0.4, -0.2) is 48.4 Å². The van der Waals surface area contributed by atoms with Gasteiger partial charge in [-0.1, -0.05) is 0 Å². The standard InChI is InChI=1S/C14H18F4N4O/c15-5-8(6-19)7-21-12(14(16,17)18)11-10(20)3-4-22(13(11)23)9-1-2-9/h5,9,20-21H,1-4,6-7,19H2/b8-5+,12-11+,20-10?. The SMILES string of the molecule is N=C1CCN(C2CC2)C(=O)/C1=C(/NC/C(=C/F)CN)C(F)(F)F. The van der Waals surface area contributed by atoms with E-state index < -0.39 is 29.9 Å². The maximum atomic E-state index is 13.3. The van der Waals surface area contributed by atoms with Crippen LogP contribution in [0, 0.1) is 5.41 Å². The molecule has 1 aliphatic heterocycles. The lowest BCUT2D eigenvalue weighted by atomic mass is 9.98. The number of allylic oxidation sites excluding steroid dienone is 1. The van der Waals surface area contributed by atoms with Gasteiger partial charge in [-0.05, 0) is 18.4 Å². The summed E-state index contributed by atoms with van der Waals surface area (Å²) in [5.74, 6) is -0.790. The number of piperidine rings is 1. The molecular weight excluding hydrogens is 316 g/mol. The van der Waals surface area contributed by atoms with Gasteiger partial charge in [-0.15, -0.1) is 0 Å². The van der Waals surface area contributed by atoms with Crippen LogP contribution in [0.1, 0.15) is 19.3 Å². The van der Waals surface area contributed by atoms with Gasteiger partial charge in [0.15, 0.2) is 0 Å². The Morgan fingerprint density at radius 2 is 2.09 bits per heavy atom. The number of hydrogen-bond donors (Lipinski definition) is 3. The zero-order chi connectivity index (χ0) is 17.2. The second kappa shape index (κ2) is 6.69. The summed E-state index contributed by atoms with van der Waals surface area (Å²) in [6, 6.07) is -0.0366. The van der Waals surface area contributed by atoms with Crippen LogP contribution < -0.4 is 11.1 Å². The highest BCUT2D eigenvalue weighted by molar-refractivity contribution is 6.22. The predicted octanol–water partition coefficient (Wildman–Crippen LogP) is 1.62. The first kappa shape index (κ1) is 17.5. The molecule has 0 spiro atoms. The zero-order valence-corrected chi connectivity index (χ0v) is 12.3. The summed E-state index contributed by atoms with van der Waals surface area (Å²) >= 11 is 0. The Morgan fingerprint density at radius 3 is 2.57 bits per heavy atom. The predicted molar refractivity (Wildman–Crippen MR) is 76.4 cm³/mol. The van der Waals surface area contributed by atoms with Gasteiger partial charge in [-0.25, -0.2) is 4.39 Å². The average molecular weight is 334 g/mol. The van der Waals surface area contributed by atoms with E-state index >= 15 is 0 Å². The van der Waals surface area contributed by atoms with E-state index in [1.165, 1.54) is 4.90 Å². The molecule has 1 heterocycles. The molecule has 0 atom stereocenters. The molecule has 0 aromatic carbocycles. The molecule has 0 aromatic heterocycles. The molecule has 2 fully saturated rings. The van der Waals surface area contributed by atoms with Gasteiger partial charge in [0.05, 0.1) is 11.9 Å². The molecule has 1 aliphatic carbocycles. The largest absolute Gasteiger partial charge is 0.431 e. The Labute approximate surface area is 130 Å². The van der Waals surface area contributed by atoms with Gasteiger partial charge in [-0.3, -0.25) is 4.79 Å². The smallest absolute Gasteiger partial charge is 0.376 e. The van der Waals surface area contributed by atoms with E-state index in [0.29, 0.717) is 0 Å². The van der Waals surface area contributed by atoms with Crippen molar-refractivity contribution in [1.82, 2.24) is 10.2 Å². The lowest BCUT2D eigenvalue weighted by molar-refractivity contribution is -0.129. The van der Waals surface area contributed by atoms with Crippen LogP contribution in [0.4, 0.5) is 17.6 Å². The molecular formula is C14H18F4N4O. The number of amides is 1. The number of halogens is 4. The van der Waals surface area contributed by atoms with Crippen molar-refractivity contribution in [2.45, 2.75) is 31.5 Å². The van der Waals surface area contributed by atoms with E-state index in [-0.39, 0.29) is 43.2 Å². The molecule has 0 unspecified atom stereocenters. The first-order valence-electron chi connectivity index (χ1n) is 7.21. The van der Waals surface area contributed by atoms with Crippen molar-refractivity contribution in [1.29, 1.82) is 5.41 Å². The molecule has 5 nitrogen and oxygen atoms in total. The minimum absolute atomic E-state index is 0.0366. The summed E-state index contributed by atoms with van der Waals surface area (Å²) in [5.41, 5.74) is 2.82. The minimum atomic E-state index is -4.85. The maximum Gasteiger partial charge on any atom is 0.431 e. The molecule has 23 heavy (non-hydrogen) atoms. The number of nitrogens with zero attached hydrogens (tertiary/aromatic N) is 1. The Hall–Kier alpha value is -1.90. The summed E-state index contributed by atoms with van der Waals surface area (Å²) in [6.07, 6.45) is -3.11. The second-order valence-electron chi connectivity index (χ2n) is 5.53. The van der Waals surface area contributed by atoms with Gasteiger partial charge < -0.3 is 21.4 Å². The number of carbonyl (C=O) groups excluding carboxylic acids is 1. The number of rotatable bonds is 5. The van der Waals surface area contributed by atoms with Crippen molar-refractivity contribution in [2.75, 3.05) is 19.6 Å². The van der Waals surface area contributed by atoms with Crippen LogP contribution >= 0.6 is 0 Å². The molecule has 128 valence electrons. The van der Waals surface area contributed by atoms with Crippen molar-refractivity contribution in [3.05, 3.63) is 23.2 Å². The zero-order valence-electron chi connectivity index (χ0n) is 12.3. The molecule has 1 saturated heterocycles. The summed E-state index contributed by atoms with van der Waals surface area (Å²) in [6.45, 7) is -0.464. The van der Waals surface area contributed by atoms with Crippen LogP contribution in [0.3, 0.4) is 0 Å². The third kappa shape index (κ3) is 3.90. The van der Waals surface area contributed by atoms with E-state index in [0.717, 1.165) is 12.8 Å². The highest BCUT2D eigenvalue weighted by Gasteiger charge is 2.44. The Bertz CT molecular complexity index is 564. The van der Waals surface area contributed by atoms with Gasteiger partial charge in [0.2, 0.25) is 0 Å². The van der Waals surface area contributed by atoms with Crippen molar-refractivity contribution in [3.8, 4) is 0 Å². The molecule has 1 amide bonds. The third-order valence-electron chi connectivity index (χ3n) is 3.81. The van der Waals surface area contributed by atoms with Crippen molar-refractivity contribution >= 4 is 11.6 Å². The van der Waals surface area contributed by atoms with Crippen molar-refractivity contribution < 1.29 is 22.4 Å². The molecule has 9 heteroatoms. The van der Waals surface area contributed by atoms with Crippen molar-refractivity contribution in [2.24, 2.45) is 5.73 Å². The number of likely N-dealkylation sites (tertiary alicyclic amines) is 1. The van der Waals surface area contributed by atoms with Crippen LogP contribution in [0.5, 0.6) is 0 Å². The Balaban J connectivity index is 2.34. The number of nitrogens with one attached hydrogen (secondary N) is 2. The van der Waals surface area contributed by atoms with Crippen LogP contribution in [-0.2, 0) is 4.79 Å². The van der Waals surface area contributed by atoms with E-state index in [9.17, 15) is 22.4 Å². The Kier molecular flexibility index (Phi) is 5.08. The fraction of sp³-hybridized carbons (Fsp3) is 0.571. The van der Waals surface area contributed by atoms with Crippen LogP contribution in [0.15, 0.2) is 23.2 Å². The fourth-order valence-corrected chi connectivity index (χ4v) is 2.41. The quantitative estimate of drug-likeness (QED) is 0.528. The number of nitrogens with two attached hydrogens (primary N) is 1. The van der Waals surface area contributed by atoms with E-state index in [2.05, 4.69) is 5.32 Å². The second-order valence-corrected chi connectivity index (χ2v) is 5.53. The molecule has 0 radical (unpaired) electrons. The fourth-order valence-electron chi connectivity index (χ4n) is 2.41. The first-order chi connectivity index (χ1) is 10.8. The minimum Gasteiger partial charge on any atom is -0.376 e. The molecule has 0 aromatic rings. The highest BCUT2D eigenvalue weighted by Crippen LogP contribution is 2.34. The van der Waals surface area contributed by atoms with E-state index in [1.54, 1.807) is 0 Å². The molecule has 0 bridgehead atoms. The van der Waals surface area contributed by atoms with E-state index in [1.807, 2.05) is 0 Å². The molecule has 1 saturated carbocycles. The molecule has 2 aliphatic rings. The number of hydrogen-bond acceptors (Lipinski definition) is 4. The summed E-state index contributed by atoms with van der Waals surface area (Å²) in [5, 5.41) is 9.80. The van der Waals surface area contributed by atoms with Gasteiger partial charge >= 0.3 is 6.18 Å². The Morgan fingerprint density at radius 1 is 1.43 bits per heavy atom. The van der Waals surface area contributed by atoms with Crippen LogP contribution in [0.25, 0.3) is 0 Å². The molecule has 2 rings (SSSR count). The van der Waals surface area contributed by atoms with Gasteiger partial charge in [0.25, 0.3) is 5.91 Å². The summed E-state index contributed by atoms with van der Waals surface area (Å²) < 4.78 is 52.4. The van der Waals surface area contributed by atoms with Crippen LogP contribution in [0.2, 0.25) is 0 Å². The average Bonchev–Trinajstić information content (AvgIpc) is 3.29. The van der Waals surface area contributed by atoms with E-state index in [4.69, 9.17) is 11.1 Å². The van der Waals surface area contributed by atoms with Crippen molar-refractivity contribution in [3.63, 3.8) is 0 Å². The third-order valence-corrected chi connectivity index (χ3v) is 3.81. The van der Waals surface area contributed by atoms with Gasteiger partial charge in [0.1, 0.15) is 5.70 Å². The van der Waals surface area contributed by atoms with Gasteiger partial charge in [-0.2, -0.15) is 13.2 Å². The lowest BCUT2D eigenvalue weighted by Gasteiger charge is -2.31. The summed E-state index contributed by atoms with van der Waals surface area (Å²) in [7, 11) is 0. The first-order valence-corrected chi connectivity index (χ1v) is 7.21. The molecule has 4 N–H and O–H groups in total. The van der Waals surface area contributed by atoms with Gasteiger partial charge in [0, 0.05) is 37.8 Å². The topological polar surface area (TPSA) is 82.2 Å². The number of carbonyl (C=O) groups is 1. The summed E-state index contributed by atoms with van der Waals surface area (Å²) in [4.78, 5) is 13.7. The number of alkyl halides is 3.